The maximum absolute atomic E-state index is 12.5. The van der Waals surface area contributed by atoms with Gasteiger partial charge < -0.3 is 4.52 Å². The van der Waals surface area contributed by atoms with E-state index in [1.807, 2.05) is 22.9 Å². The number of hydrogen-bond donors (Lipinski definition) is 0. The molecule has 0 bridgehead atoms. The topological polar surface area (TPSA) is 73.8 Å². The first-order chi connectivity index (χ1) is 11.2. The minimum Gasteiger partial charge on any atom is -0.337 e. The highest BCUT2D eigenvalue weighted by molar-refractivity contribution is 7.18. The van der Waals surface area contributed by atoms with E-state index < -0.39 is 0 Å². The molecule has 0 aliphatic heterocycles. The molecule has 8 heteroatoms. The van der Waals surface area contributed by atoms with E-state index in [0.29, 0.717) is 17.1 Å². The van der Waals surface area contributed by atoms with Crippen molar-refractivity contribution >= 4 is 32.9 Å². The van der Waals surface area contributed by atoms with E-state index in [-0.39, 0.29) is 12.1 Å². The Morgan fingerprint density at radius 2 is 2.30 bits per heavy atom. The average molecular weight is 344 g/mol. The second-order valence-corrected chi connectivity index (χ2v) is 6.88. The summed E-state index contributed by atoms with van der Waals surface area (Å²) >= 11 is 3.12. The van der Waals surface area contributed by atoms with Crippen LogP contribution < -0.4 is 5.56 Å². The standard InChI is InChI=1S/C15H12N4O2S2/c1-2-10-5-11-14(23-10)16-8-19(15(11)20)6-12-17-13(18-21-12)9-3-4-22-7-9/h3-5,7-8H,2,6H2,1H3. The van der Waals surface area contributed by atoms with Crippen molar-refractivity contribution in [3.63, 3.8) is 0 Å². The fourth-order valence-corrected chi connectivity index (χ4v) is 3.83. The zero-order valence-electron chi connectivity index (χ0n) is 12.2. The quantitative estimate of drug-likeness (QED) is 0.568. The highest BCUT2D eigenvalue weighted by Crippen LogP contribution is 2.21. The van der Waals surface area contributed by atoms with Crippen LogP contribution in [0.3, 0.4) is 0 Å². The minimum absolute atomic E-state index is 0.0822. The Bertz CT molecular complexity index is 1010. The molecule has 0 aliphatic rings. The van der Waals surface area contributed by atoms with Crippen LogP contribution in [0.2, 0.25) is 0 Å². The third kappa shape index (κ3) is 2.60. The van der Waals surface area contributed by atoms with Gasteiger partial charge >= 0.3 is 0 Å². The molecule has 4 aromatic rings. The third-order valence-corrected chi connectivity index (χ3v) is 5.34. The minimum atomic E-state index is -0.0822. The first-order valence-corrected chi connectivity index (χ1v) is 8.83. The summed E-state index contributed by atoms with van der Waals surface area (Å²) in [6.07, 6.45) is 2.43. The number of rotatable bonds is 4. The molecule has 4 rings (SSSR count). The SMILES string of the molecule is CCc1cc2c(=O)n(Cc3nc(-c4ccsc4)no3)cnc2s1. The highest BCUT2D eigenvalue weighted by Gasteiger charge is 2.13. The summed E-state index contributed by atoms with van der Waals surface area (Å²) in [6.45, 7) is 2.28. The van der Waals surface area contributed by atoms with Crippen LogP contribution in [0, 0.1) is 0 Å². The molecule has 0 spiro atoms. The molecular weight excluding hydrogens is 332 g/mol. The van der Waals surface area contributed by atoms with Gasteiger partial charge in [-0.25, -0.2) is 4.98 Å². The molecule has 0 N–H and O–H groups in total. The van der Waals surface area contributed by atoms with Crippen molar-refractivity contribution in [1.82, 2.24) is 19.7 Å². The molecule has 0 atom stereocenters. The van der Waals surface area contributed by atoms with Gasteiger partial charge in [0.25, 0.3) is 5.56 Å². The van der Waals surface area contributed by atoms with E-state index in [1.54, 1.807) is 22.7 Å². The van der Waals surface area contributed by atoms with Gasteiger partial charge in [-0.1, -0.05) is 12.1 Å². The van der Waals surface area contributed by atoms with E-state index >= 15 is 0 Å². The second-order valence-electron chi connectivity index (χ2n) is 4.99. The van der Waals surface area contributed by atoms with Crippen LogP contribution >= 0.6 is 22.7 Å². The van der Waals surface area contributed by atoms with Crippen molar-refractivity contribution in [2.24, 2.45) is 0 Å². The summed E-state index contributed by atoms with van der Waals surface area (Å²) in [7, 11) is 0. The van der Waals surface area contributed by atoms with Gasteiger partial charge in [0.2, 0.25) is 11.7 Å². The highest BCUT2D eigenvalue weighted by atomic mass is 32.1. The van der Waals surface area contributed by atoms with Crippen LogP contribution in [0.15, 0.2) is 38.5 Å². The molecule has 0 saturated heterocycles. The Balaban J connectivity index is 1.67. The number of hydrogen-bond acceptors (Lipinski definition) is 7. The molecule has 0 radical (unpaired) electrons. The Morgan fingerprint density at radius 1 is 1.39 bits per heavy atom. The van der Waals surface area contributed by atoms with Crippen molar-refractivity contribution in [3.05, 3.63) is 50.3 Å². The van der Waals surface area contributed by atoms with Gasteiger partial charge in [0.05, 0.1) is 11.7 Å². The number of fused-ring (bicyclic) bond motifs is 1. The summed E-state index contributed by atoms with van der Waals surface area (Å²) < 4.78 is 6.74. The summed E-state index contributed by atoms with van der Waals surface area (Å²) in [6, 6.07) is 3.84. The zero-order chi connectivity index (χ0) is 15.8. The largest absolute Gasteiger partial charge is 0.337 e. The summed E-state index contributed by atoms with van der Waals surface area (Å²) in [5, 5.41) is 8.50. The lowest BCUT2D eigenvalue weighted by atomic mass is 10.3. The lowest BCUT2D eigenvalue weighted by Gasteiger charge is -2.00. The van der Waals surface area contributed by atoms with Gasteiger partial charge in [-0.3, -0.25) is 9.36 Å². The molecule has 23 heavy (non-hydrogen) atoms. The van der Waals surface area contributed by atoms with Gasteiger partial charge in [0.15, 0.2) is 0 Å². The molecular formula is C15H12N4O2S2. The fraction of sp³-hybridized carbons (Fsp3) is 0.200. The van der Waals surface area contributed by atoms with Gasteiger partial charge in [0.1, 0.15) is 11.4 Å². The van der Waals surface area contributed by atoms with E-state index in [4.69, 9.17) is 4.52 Å². The van der Waals surface area contributed by atoms with Gasteiger partial charge in [-0.15, -0.1) is 11.3 Å². The van der Waals surface area contributed by atoms with Crippen LogP contribution in [0.4, 0.5) is 0 Å². The lowest BCUT2D eigenvalue weighted by Crippen LogP contribution is -2.20. The molecule has 4 heterocycles. The van der Waals surface area contributed by atoms with Crippen molar-refractivity contribution in [3.8, 4) is 11.4 Å². The normalized spacial score (nSPS) is 11.3. The van der Waals surface area contributed by atoms with E-state index in [9.17, 15) is 4.79 Å². The van der Waals surface area contributed by atoms with Crippen molar-refractivity contribution in [2.75, 3.05) is 0 Å². The van der Waals surface area contributed by atoms with Crippen molar-refractivity contribution in [2.45, 2.75) is 19.9 Å². The smallest absolute Gasteiger partial charge is 0.262 e. The molecule has 116 valence electrons. The predicted molar refractivity (Wildman–Crippen MR) is 90.0 cm³/mol. The Morgan fingerprint density at radius 3 is 3.09 bits per heavy atom. The van der Waals surface area contributed by atoms with Gasteiger partial charge in [0, 0.05) is 15.8 Å². The monoisotopic (exact) mass is 344 g/mol. The van der Waals surface area contributed by atoms with E-state index in [2.05, 4.69) is 22.0 Å². The van der Waals surface area contributed by atoms with Crippen LogP contribution in [-0.4, -0.2) is 19.7 Å². The molecule has 0 amide bonds. The van der Waals surface area contributed by atoms with Crippen LogP contribution in [0.25, 0.3) is 21.6 Å². The first kappa shape index (κ1) is 14.3. The van der Waals surface area contributed by atoms with Gasteiger partial charge in [-0.2, -0.15) is 16.3 Å². The van der Waals surface area contributed by atoms with Crippen LogP contribution in [0.5, 0.6) is 0 Å². The number of thiophene rings is 2. The number of nitrogens with zero attached hydrogens (tertiary/aromatic N) is 4. The Kier molecular flexibility index (Phi) is 3.55. The third-order valence-electron chi connectivity index (χ3n) is 3.47. The number of aromatic nitrogens is 4. The molecule has 4 aromatic heterocycles. The molecule has 0 saturated carbocycles. The maximum atomic E-state index is 12.5. The maximum Gasteiger partial charge on any atom is 0.262 e. The molecule has 0 fully saturated rings. The molecule has 0 unspecified atom stereocenters. The molecule has 0 aliphatic carbocycles. The van der Waals surface area contributed by atoms with Crippen molar-refractivity contribution in [1.29, 1.82) is 0 Å². The van der Waals surface area contributed by atoms with Crippen LogP contribution in [-0.2, 0) is 13.0 Å². The molecule has 0 aromatic carbocycles. The summed E-state index contributed by atoms with van der Waals surface area (Å²) in [5.74, 6) is 0.924. The van der Waals surface area contributed by atoms with Crippen molar-refractivity contribution < 1.29 is 4.52 Å². The van der Waals surface area contributed by atoms with Crippen LogP contribution in [0.1, 0.15) is 17.7 Å². The van der Waals surface area contributed by atoms with E-state index in [1.165, 1.54) is 10.9 Å². The zero-order valence-corrected chi connectivity index (χ0v) is 13.9. The Labute approximate surface area is 139 Å². The Hall–Kier alpha value is -2.32. The van der Waals surface area contributed by atoms with E-state index in [0.717, 1.165) is 21.7 Å². The average Bonchev–Trinajstić information content (AvgIpc) is 3.29. The second kappa shape index (κ2) is 5.71. The summed E-state index contributed by atoms with van der Waals surface area (Å²) in [4.78, 5) is 23.2. The van der Waals surface area contributed by atoms with Gasteiger partial charge in [-0.05, 0) is 23.9 Å². The predicted octanol–water partition coefficient (Wildman–Crippen LogP) is 3.18. The molecule has 6 nitrogen and oxygen atoms in total. The number of aryl methyl sites for hydroxylation is 1. The lowest BCUT2D eigenvalue weighted by molar-refractivity contribution is 0.369. The first-order valence-electron chi connectivity index (χ1n) is 7.07. The summed E-state index contributed by atoms with van der Waals surface area (Å²) in [5.41, 5.74) is 0.831. The fourth-order valence-electron chi connectivity index (χ4n) is 2.27.